The van der Waals surface area contributed by atoms with Gasteiger partial charge >= 0.3 is 0 Å². The number of hydrogen-bond acceptors (Lipinski definition) is 4. The molecule has 1 aromatic rings. The van der Waals surface area contributed by atoms with Gasteiger partial charge in [0.25, 0.3) is 0 Å². The number of rotatable bonds is 0. The summed E-state index contributed by atoms with van der Waals surface area (Å²) in [7, 11) is -3.62. The molecule has 6 heteroatoms. The largest absolute Gasteiger partial charge is 0.507 e. The molecular formula is C10H11NO4S. The zero-order valence-corrected chi connectivity index (χ0v) is 9.41. The number of aromatic hydroxyl groups is 1. The van der Waals surface area contributed by atoms with Gasteiger partial charge in [-0.1, -0.05) is 13.0 Å². The third-order valence-electron chi connectivity index (χ3n) is 2.48. The lowest BCUT2D eigenvalue weighted by Gasteiger charge is -2.07. The van der Waals surface area contributed by atoms with Gasteiger partial charge in [-0.2, -0.15) is 0 Å². The van der Waals surface area contributed by atoms with E-state index in [0.717, 1.165) is 0 Å². The lowest BCUT2D eigenvalue weighted by molar-refractivity contribution is -0.118. The molecule has 0 aliphatic carbocycles. The zero-order chi connectivity index (χ0) is 11.9. The predicted molar refractivity (Wildman–Crippen MR) is 58.0 cm³/mol. The SMILES string of the molecule is CC1CS(=O)(=O)c2c(O)cccc2NC1=O. The van der Waals surface area contributed by atoms with Crippen LogP contribution in [0.3, 0.4) is 0 Å². The van der Waals surface area contributed by atoms with E-state index >= 15 is 0 Å². The van der Waals surface area contributed by atoms with Gasteiger partial charge in [-0.05, 0) is 12.1 Å². The van der Waals surface area contributed by atoms with Crippen LogP contribution < -0.4 is 5.32 Å². The summed E-state index contributed by atoms with van der Waals surface area (Å²) in [6, 6.07) is 4.24. The van der Waals surface area contributed by atoms with Gasteiger partial charge in [-0.15, -0.1) is 0 Å². The van der Waals surface area contributed by atoms with Crippen molar-refractivity contribution in [3.8, 4) is 5.75 Å². The third-order valence-corrected chi connectivity index (χ3v) is 4.47. The third kappa shape index (κ3) is 1.65. The van der Waals surface area contributed by atoms with Crippen molar-refractivity contribution in [2.45, 2.75) is 11.8 Å². The normalized spacial score (nSPS) is 23.1. The van der Waals surface area contributed by atoms with E-state index in [-0.39, 0.29) is 28.0 Å². The number of carbonyl (C=O) groups excluding carboxylic acids is 1. The molecule has 1 aromatic carbocycles. The number of phenols is 1. The van der Waals surface area contributed by atoms with Gasteiger partial charge in [0.05, 0.1) is 11.4 Å². The van der Waals surface area contributed by atoms with Crippen molar-refractivity contribution in [3.05, 3.63) is 18.2 Å². The second-order valence-electron chi connectivity index (χ2n) is 3.83. The van der Waals surface area contributed by atoms with Gasteiger partial charge in [0, 0.05) is 5.92 Å². The number of amides is 1. The summed E-state index contributed by atoms with van der Waals surface area (Å²) in [5, 5.41) is 12.0. The number of fused-ring (bicyclic) bond motifs is 1. The topological polar surface area (TPSA) is 83.5 Å². The second kappa shape index (κ2) is 3.48. The molecular weight excluding hydrogens is 230 g/mol. The Kier molecular flexibility index (Phi) is 2.38. The first-order valence-corrected chi connectivity index (χ1v) is 6.42. The van der Waals surface area contributed by atoms with Gasteiger partial charge in [0.1, 0.15) is 10.6 Å². The molecule has 0 saturated carbocycles. The lowest BCUT2D eigenvalue weighted by atomic mass is 10.2. The molecule has 5 nitrogen and oxygen atoms in total. The van der Waals surface area contributed by atoms with Crippen molar-refractivity contribution in [2.24, 2.45) is 5.92 Å². The van der Waals surface area contributed by atoms with Crippen molar-refractivity contribution < 1.29 is 18.3 Å². The fourth-order valence-electron chi connectivity index (χ4n) is 1.69. The molecule has 16 heavy (non-hydrogen) atoms. The van der Waals surface area contributed by atoms with Crippen LogP contribution in [-0.2, 0) is 14.6 Å². The molecule has 0 fully saturated rings. The minimum Gasteiger partial charge on any atom is -0.507 e. The molecule has 0 spiro atoms. The van der Waals surface area contributed by atoms with Crippen LogP contribution in [0.25, 0.3) is 0 Å². The molecule has 1 aliphatic heterocycles. The zero-order valence-electron chi connectivity index (χ0n) is 8.60. The molecule has 2 N–H and O–H groups in total. The molecule has 0 radical (unpaired) electrons. The highest BCUT2D eigenvalue weighted by Crippen LogP contribution is 2.34. The van der Waals surface area contributed by atoms with Crippen molar-refractivity contribution >= 4 is 21.4 Å². The number of phenolic OH excluding ortho intramolecular Hbond substituents is 1. The molecule has 1 atom stereocenters. The first-order valence-electron chi connectivity index (χ1n) is 4.77. The van der Waals surface area contributed by atoms with Crippen LogP contribution in [0.5, 0.6) is 5.75 Å². The van der Waals surface area contributed by atoms with Gasteiger partial charge in [0.2, 0.25) is 5.91 Å². The van der Waals surface area contributed by atoms with Crippen LogP contribution in [0.4, 0.5) is 5.69 Å². The minimum atomic E-state index is -3.62. The first-order chi connectivity index (χ1) is 7.42. The van der Waals surface area contributed by atoms with Crippen LogP contribution in [0, 0.1) is 5.92 Å². The van der Waals surface area contributed by atoms with Gasteiger partial charge in [-0.25, -0.2) is 8.42 Å². The number of sulfone groups is 1. The number of anilines is 1. The van der Waals surface area contributed by atoms with E-state index in [4.69, 9.17) is 0 Å². The number of hydrogen-bond donors (Lipinski definition) is 2. The Labute approximate surface area is 93.0 Å². The van der Waals surface area contributed by atoms with Crippen LogP contribution in [0.2, 0.25) is 0 Å². The van der Waals surface area contributed by atoms with Crippen LogP contribution >= 0.6 is 0 Å². The van der Waals surface area contributed by atoms with E-state index in [0.29, 0.717) is 0 Å². The average molecular weight is 241 g/mol. The lowest BCUT2D eigenvalue weighted by Crippen LogP contribution is -2.22. The van der Waals surface area contributed by atoms with Crippen LogP contribution in [-0.4, -0.2) is 25.2 Å². The van der Waals surface area contributed by atoms with Crippen LogP contribution in [0.1, 0.15) is 6.92 Å². The molecule has 1 unspecified atom stereocenters. The molecule has 2 rings (SSSR count). The molecule has 1 amide bonds. The molecule has 0 aromatic heterocycles. The molecule has 1 aliphatic rings. The second-order valence-corrected chi connectivity index (χ2v) is 5.80. The fraction of sp³-hybridized carbons (Fsp3) is 0.300. The van der Waals surface area contributed by atoms with Crippen LogP contribution in [0.15, 0.2) is 23.1 Å². The average Bonchev–Trinajstić information content (AvgIpc) is 2.23. The Morgan fingerprint density at radius 3 is 2.81 bits per heavy atom. The van der Waals surface area contributed by atoms with Crippen molar-refractivity contribution in [3.63, 3.8) is 0 Å². The van der Waals surface area contributed by atoms with Crippen molar-refractivity contribution in [1.29, 1.82) is 0 Å². The summed E-state index contributed by atoms with van der Waals surface area (Å²) >= 11 is 0. The summed E-state index contributed by atoms with van der Waals surface area (Å²) in [5.74, 6) is -1.60. The number of carbonyl (C=O) groups is 1. The maximum atomic E-state index is 11.9. The maximum Gasteiger partial charge on any atom is 0.228 e. The smallest absolute Gasteiger partial charge is 0.228 e. The maximum absolute atomic E-state index is 11.9. The quantitative estimate of drug-likeness (QED) is 0.702. The van der Waals surface area contributed by atoms with Crippen molar-refractivity contribution in [2.75, 3.05) is 11.1 Å². The molecule has 0 bridgehead atoms. The Morgan fingerprint density at radius 2 is 2.12 bits per heavy atom. The molecule has 86 valence electrons. The highest BCUT2D eigenvalue weighted by molar-refractivity contribution is 7.91. The summed E-state index contributed by atoms with van der Waals surface area (Å²) < 4.78 is 23.8. The van der Waals surface area contributed by atoms with Gasteiger partial charge in [0.15, 0.2) is 9.84 Å². The highest BCUT2D eigenvalue weighted by Gasteiger charge is 2.32. The summed E-state index contributed by atoms with van der Waals surface area (Å²) in [6.07, 6.45) is 0. The van der Waals surface area contributed by atoms with E-state index in [1.54, 1.807) is 0 Å². The Balaban J connectivity index is 2.71. The van der Waals surface area contributed by atoms with E-state index < -0.39 is 15.8 Å². The fourth-order valence-corrected chi connectivity index (χ4v) is 3.51. The molecule has 0 saturated heterocycles. The number of nitrogens with one attached hydrogen (secondary N) is 1. The number of benzene rings is 1. The highest BCUT2D eigenvalue weighted by atomic mass is 32.2. The minimum absolute atomic E-state index is 0.148. The van der Waals surface area contributed by atoms with E-state index in [9.17, 15) is 18.3 Å². The Bertz CT molecular complexity index is 550. The van der Waals surface area contributed by atoms with E-state index in [1.807, 2.05) is 0 Å². The van der Waals surface area contributed by atoms with E-state index in [2.05, 4.69) is 5.32 Å². The van der Waals surface area contributed by atoms with Gasteiger partial charge < -0.3 is 10.4 Å². The summed E-state index contributed by atoms with van der Waals surface area (Å²) in [5.41, 5.74) is 0.148. The van der Waals surface area contributed by atoms with Gasteiger partial charge in [-0.3, -0.25) is 4.79 Å². The summed E-state index contributed by atoms with van der Waals surface area (Å²) in [4.78, 5) is 11.3. The van der Waals surface area contributed by atoms with E-state index in [1.165, 1.54) is 25.1 Å². The predicted octanol–water partition coefficient (Wildman–Crippen LogP) is 0.754. The standard InChI is InChI=1S/C10H11NO4S/c1-6-5-16(14,15)9-7(11-10(6)13)3-2-4-8(9)12/h2-4,6,12H,5H2,1H3,(H,11,13). The first kappa shape index (κ1) is 10.9. The Hall–Kier alpha value is -1.56. The monoisotopic (exact) mass is 241 g/mol. The Morgan fingerprint density at radius 1 is 1.44 bits per heavy atom. The van der Waals surface area contributed by atoms with Crippen molar-refractivity contribution in [1.82, 2.24) is 0 Å². The molecule has 1 heterocycles. The summed E-state index contributed by atoms with van der Waals surface area (Å²) in [6.45, 7) is 1.54.